The van der Waals surface area contributed by atoms with E-state index in [2.05, 4.69) is 14.9 Å². The highest BCUT2D eigenvalue weighted by atomic mass is 32.2. The second-order valence-corrected chi connectivity index (χ2v) is 9.91. The summed E-state index contributed by atoms with van der Waals surface area (Å²) in [6.07, 6.45) is 0. The summed E-state index contributed by atoms with van der Waals surface area (Å²) in [4.78, 5) is 15.0. The number of benzene rings is 3. The van der Waals surface area contributed by atoms with Crippen LogP contribution in [0.2, 0.25) is 0 Å². The summed E-state index contributed by atoms with van der Waals surface area (Å²) in [6, 6.07) is 18.7. The van der Waals surface area contributed by atoms with E-state index in [9.17, 15) is 13.2 Å². The largest absolute Gasteiger partial charge is 0.454 e. The quantitative estimate of drug-likeness (QED) is 0.519. The minimum absolute atomic E-state index is 0.00792. The van der Waals surface area contributed by atoms with Crippen molar-refractivity contribution in [1.82, 2.24) is 4.72 Å². The Morgan fingerprint density at radius 3 is 2.49 bits per heavy atom. The monoisotopic (exact) mass is 495 g/mol. The molecule has 1 amide bonds. The molecule has 35 heavy (non-hydrogen) atoms. The maximum Gasteiger partial charge on any atom is 0.255 e. The van der Waals surface area contributed by atoms with Crippen LogP contribution in [-0.2, 0) is 21.3 Å². The molecule has 5 rings (SSSR count). The molecule has 2 heterocycles. The fourth-order valence-corrected chi connectivity index (χ4v) is 4.96. The van der Waals surface area contributed by atoms with Gasteiger partial charge in [0.1, 0.15) is 0 Å². The van der Waals surface area contributed by atoms with Gasteiger partial charge < -0.3 is 24.4 Å². The van der Waals surface area contributed by atoms with Crippen LogP contribution in [0.15, 0.2) is 71.6 Å². The lowest BCUT2D eigenvalue weighted by Crippen LogP contribution is -2.36. The molecule has 0 saturated carbocycles. The Morgan fingerprint density at radius 1 is 0.914 bits per heavy atom. The van der Waals surface area contributed by atoms with Crippen molar-refractivity contribution in [1.29, 1.82) is 0 Å². The Bertz CT molecular complexity index is 1320. The van der Waals surface area contributed by atoms with Crippen molar-refractivity contribution in [2.75, 3.05) is 43.3 Å². The molecule has 2 aliphatic rings. The summed E-state index contributed by atoms with van der Waals surface area (Å²) in [6.45, 7) is 3.28. The van der Waals surface area contributed by atoms with Crippen molar-refractivity contribution in [2.45, 2.75) is 11.4 Å². The summed E-state index contributed by atoms with van der Waals surface area (Å²) in [5, 5.41) is 2.83. The van der Waals surface area contributed by atoms with E-state index in [1.165, 1.54) is 12.1 Å². The first-order chi connectivity index (χ1) is 17.0. The van der Waals surface area contributed by atoms with Gasteiger partial charge in [-0.05, 0) is 60.2 Å². The van der Waals surface area contributed by atoms with Crippen LogP contribution >= 0.6 is 0 Å². The normalized spacial score (nSPS) is 15.1. The number of ether oxygens (including phenoxy) is 3. The molecule has 0 unspecified atom stereocenters. The minimum Gasteiger partial charge on any atom is -0.454 e. The molecule has 2 aliphatic heterocycles. The molecule has 3 aromatic carbocycles. The molecule has 1 saturated heterocycles. The van der Waals surface area contributed by atoms with Gasteiger partial charge in [-0.25, -0.2) is 13.1 Å². The highest BCUT2D eigenvalue weighted by Gasteiger charge is 2.18. The molecule has 10 heteroatoms. The fraction of sp³-hybridized carbons (Fsp3) is 0.240. The molecule has 0 radical (unpaired) electrons. The van der Waals surface area contributed by atoms with Crippen molar-refractivity contribution in [3.63, 3.8) is 0 Å². The van der Waals surface area contributed by atoms with Crippen molar-refractivity contribution < 1.29 is 27.4 Å². The predicted molar refractivity (Wildman–Crippen MR) is 130 cm³/mol. The first-order valence-electron chi connectivity index (χ1n) is 11.2. The van der Waals surface area contributed by atoms with Crippen LogP contribution in [0.25, 0.3) is 0 Å². The number of carbonyl (C=O) groups is 1. The Hall–Kier alpha value is -3.60. The smallest absolute Gasteiger partial charge is 0.255 e. The van der Waals surface area contributed by atoms with Crippen LogP contribution in [-0.4, -0.2) is 47.4 Å². The highest BCUT2D eigenvalue weighted by molar-refractivity contribution is 7.89. The maximum atomic E-state index is 12.8. The Labute approximate surface area is 203 Å². The van der Waals surface area contributed by atoms with Gasteiger partial charge >= 0.3 is 0 Å². The van der Waals surface area contributed by atoms with E-state index in [1.807, 2.05) is 24.3 Å². The number of nitrogens with one attached hydrogen (secondary N) is 2. The number of fused-ring (bicyclic) bond motifs is 1. The summed E-state index contributed by atoms with van der Waals surface area (Å²) in [5.41, 5.74) is 2.66. The van der Waals surface area contributed by atoms with Crippen LogP contribution in [0.1, 0.15) is 15.9 Å². The molecule has 0 aliphatic carbocycles. The van der Waals surface area contributed by atoms with Gasteiger partial charge in [0.25, 0.3) is 5.91 Å². The number of morpholine rings is 1. The van der Waals surface area contributed by atoms with Gasteiger partial charge in [-0.3, -0.25) is 4.79 Å². The Kier molecular flexibility index (Phi) is 6.58. The number of amides is 1. The average molecular weight is 496 g/mol. The zero-order chi connectivity index (χ0) is 24.3. The second-order valence-electron chi connectivity index (χ2n) is 8.14. The molecule has 9 nitrogen and oxygen atoms in total. The van der Waals surface area contributed by atoms with E-state index >= 15 is 0 Å². The summed E-state index contributed by atoms with van der Waals surface area (Å²) < 4.78 is 44.2. The molecule has 0 aromatic heterocycles. The lowest BCUT2D eigenvalue weighted by Gasteiger charge is -2.28. The van der Waals surface area contributed by atoms with E-state index in [0.717, 1.165) is 24.3 Å². The predicted octanol–water partition coefficient (Wildman–Crippen LogP) is 2.98. The lowest BCUT2D eigenvalue weighted by atomic mass is 10.2. The van der Waals surface area contributed by atoms with Crippen LogP contribution in [0, 0.1) is 0 Å². The summed E-state index contributed by atoms with van der Waals surface area (Å²) in [5.74, 6) is 0.821. The third kappa shape index (κ3) is 5.40. The molecular formula is C25H25N3O6S. The number of hydrogen-bond donors (Lipinski definition) is 2. The number of nitrogens with zero attached hydrogens (tertiary/aromatic N) is 1. The number of anilines is 2. The molecule has 2 N–H and O–H groups in total. The third-order valence-electron chi connectivity index (χ3n) is 5.81. The second kappa shape index (κ2) is 9.95. The van der Waals surface area contributed by atoms with E-state index in [0.29, 0.717) is 30.4 Å². The first-order valence-corrected chi connectivity index (χ1v) is 12.7. The van der Waals surface area contributed by atoms with Gasteiger partial charge in [0, 0.05) is 36.6 Å². The number of hydrogen-bond acceptors (Lipinski definition) is 7. The van der Waals surface area contributed by atoms with Crippen LogP contribution in [0.3, 0.4) is 0 Å². The van der Waals surface area contributed by atoms with Gasteiger partial charge in [0.15, 0.2) is 11.5 Å². The minimum atomic E-state index is -3.84. The van der Waals surface area contributed by atoms with Gasteiger partial charge in [0.2, 0.25) is 16.8 Å². The molecule has 182 valence electrons. The zero-order valence-electron chi connectivity index (χ0n) is 18.9. The Balaban J connectivity index is 1.23. The highest BCUT2D eigenvalue weighted by Crippen LogP contribution is 2.32. The fourth-order valence-electron chi connectivity index (χ4n) is 3.90. The van der Waals surface area contributed by atoms with Crippen LogP contribution in [0.4, 0.5) is 11.4 Å². The zero-order valence-corrected chi connectivity index (χ0v) is 19.7. The van der Waals surface area contributed by atoms with Crippen molar-refractivity contribution in [2.24, 2.45) is 0 Å². The van der Waals surface area contributed by atoms with E-state index in [4.69, 9.17) is 14.2 Å². The van der Waals surface area contributed by atoms with E-state index in [-0.39, 0.29) is 23.8 Å². The van der Waals surface area contributed by atoms with E-state index in [1.54, 1.807) is 30.3 Å². The van der Waals surface area contributed by atoms with Gasteiger partial charge in [-0.1, -0.05) is 12.1 Å². The molecular weight excluding hydrogens is 470 g/mol. The maximum absolute atomic E-state index is 12.8. The Morgan fingerprint density at radius 2 is 1.69 bits per heavy atom. The SMILES string of the molecule is O=C(Nc1ccc(N2CCOCC2)cc1)c1cccc(S(=O)(=O)NCc2ccc3c(c2)OCO3)c1. The molecule has 0 bridgehead atoms. The molecule has 3 aromatic rings. The van der Waals surface area contributed by atoms with Crippen LogP contribution < -0.4 is 24.4 Å². The molecule has 1 fully saturated rings. The van der Waals surface area contributed by atoms with Gasteiger partial charge in [-0.2, -0.15) is 0 Å². The summed E-state index contributed by atoms with van der Waals surface area (Å²) >= 11 is 0. The number of carbonyl (C=O) groups excluding carboxylic acids is 1. The molecule has 0 atom stereocenters. The van der Waals surface area contributed by atoms with Gasteiger partial charge in [-0.15, -0.1) is 0 Å². The van der Waals surface area contributed by atoms with Crippen molar-refractivity contribution in [3.05, 3.63) is 77.9 Å². The third-order valence-corrected chi connectivity index (χ3v) is 7.21. The lowest BCUT2D eigenvalue weighted by molar-refractivity contribution is 0.102. The molecule has 0 spiro atoms. The van der Waals surface area contributed by atoms with E-state index < -0.39 is 15.9 Å². The van der Waals surface area contributed by atoms with Gasteiger partial charge in [0.05, 0.1) is 18.1 Å². The number of sulfonamides is 1. The first kappa shape index (κ1) is 23.2. The van der Waals surface area contributed by atoms with Crippen molar-refractivity contribution in [3.8, 4) is 11.5 Å². The summed E-state index contributed by atoms with van der Waals surface area (Å²) in [7, 11) is -3.84. The standard InChI is InChI=1S/C25H25N3O6S/c29-25(27-20-5-7-21(8-6-20)28-10-12-32-13-11-28)19-2-1-3-22(15-19)35(30,31)26-16-18-4-9-23-24(14-18)34-17-33-23/h1-9,14-15,26H,10-13,16-17H2,(H,27,29). The topological polar surface area (TPSA) is 106 Å². The average Bonchev–Trinajstić information content (AvgIpc) is 3.37. The van der Waals surface area contributed by atoms with Crippen LogP contribution in [0.5, 0.6) is 11.5 Å². The number of rotatable bonds is 7. The van der Waals surface area contributed by atoms with Crippen molar-refractivity contribution >= 4 is 27.3 Å².